The fourth-order valence-corrected chi connectivity index (χ4v) is 0. The molecule has 0 amide bonds. The molecule has 5 heteroatoms. The van der Waals surface area contributed by atoms with Crippen molar-refractivity contribution in [3.63, 3.8) is 0 Å². The summed E-state index contributed by atoms with van der Waals surface area (Å²) in [6.07, 6.45) is 0. The maximum absolute atomic E-state index is 0. The fourth-order valence-electron chi connectivity index (χ4n) is 0. The van der Waals surface area contributed by atoms with Crippen LogP contribution in [-0.2, 0) is 19.5 Å². The van der Waals surface area contributed by atoms with Gasteiger partial charge in [0.05, 0.1) is 0 Å². The minimum Gasteiger partial charge on any atom is 0 e. The molecule has 0 spiro atoms. The maximum atomic E-state index is 0. The summed E-state index contributed by atoms with van der Waals surface area (Å²) < 4.78 is 0. The van der Waals surface area contributed by atoms with Gasteiger partial charge < -0.3 is 0 Å². The molecule has 0 aromatic heterocycles. The Morgan fingerprint density at radius 3 is 0.800 bits per heavy atom. The van der Waals surface area contributed by atoms with Crippen molar-refractivity contribution in [2.45, 2.75) is 0 Å². The molecule has 0 nitrogen and oxygen atoms in total. The molecule has 0 unspecified atom stereocenters. The van der Waals surface area contributed by atoms with Gasteiger partial charge in [-0.05, 0) is 0 Å². The van der Waals surface area contributed by atoms with Crippen molar-refractivity contribution < 1.29 is 19.5 Å². The van der Waals surface area contributed by atoms with E-state index < -0.39 is 0 Å². The first-order valence-electron chi connectivity index (χ1n) is 0. The van der Waals surface area contributed by atoms with Gasteiger partial charge in [-0.25, -0.2) is 0 Å². The van der Waals surface area contributed by atoms with Crippen LogP contribution in [0.15, 0.2) is 0 Å². The summed E-state index contributed by atoms with van der Waals surface area (Å²) in [5.41, 5.74) is 0. The Morgan fingerprint density at radius 1 is 0.800 bits per heavy atom. The van der Waals surface area contributed by atoms with Crippen molar-refractivity contribution >= 4 is 142 Å². The third-order valence-electron chi connectivity index (χ3n) is 0. The van der Waals surface area contributed by atoms with E-state index in [1.807, 2.05) is 0 Å². The standard InChI is InChI=1S/Ca.2Na.Sr.Zn.6H. The number of hydrogen-bond donors (Lipinski definition) is 0. The first-order chi connectivity index (χ1) is 0. The van der Waals surface area contributed by atoms with E-state index in [-0.39, 0.29) is 162 Å². The average molecular weight is 245 g/mol. The summed E-state index contributed by atoms with van der Waals surface area (Å²) in [5.74, 6) is 0. The predicted octanol–water partition coefficient (Wildman–Crippen LogP) is -3.13. The molecule has 0 aromatic rings. The molecule has 0 atom stereocenters. The van der Waals surface area contributed by atoms with Crippen LogP contribution in [-0.4, -0.2) is 142 Å². The van der Waals surface area contributed by atoms with Crippen molar-refractivity contribution in [1.82, 2.24) is 0 Å². The van der Waals surface area contributed by atoms with E-state index in [0.29, 0.717) is 0 Å². The molecule has 0 heterocycles. The Labute approximate surface area is 157 Å². The smallest absolute Gasteiger partial charge is 0 e. The molecular weight excluding hydrogens is 239 g/mol. The molecule has 0 N–H and O–H groups in total. The molecular formula is H6CaNa2SrZn. The first kappa shape index (κ1) is 31.6. The summed E-state index contributed by atoms with van der Waals surface area (Å²) in [7, 11) is 0. The van der Waals surface area contributed by atoms with Crippen molar-refractivity contribution in [2.75, 3.05) is 0 Å². The van der Waals surface area contributed by atoms with Gasteiger partial charge >= 0.3 is 142 Å². The van der Waals surface area contributed by atoms with E-state index in [1.54, 1.807) is 0 Å². The Balaban J connectivity index is 0. The van der Waals surface area contributed by atoms with Gasteiger partial charge in [-0.3, -0.25) is 0 Å². The average Bonchev–Trinajstić information content (AvgIpc) is 0. The zero-order chi connectivity index (χ0) is 0. The van der Waals surface area contributed by atoms with E-state index in [1.165, 1.54) is 0 Å². The number of hydrogen-bond acceptors (Lipinski definition) is 0. The third kappa shape index (κ3) is 17.6. The molecule has 0 fully saturated rings. The minimum absolute atomic E-state index is 0. The van der Waals surface area contributed by atoms with Gasteiger partial charge in [0.2, 0.25) is 0 Å². The van der Waals surface area contributed by atoms with Gasteiger partial charge in [0.25, 0.3) is 0 Å². The van der Waals surface area contributed by atoms with Gasteiger partial charge in [0.1, 0.15) is 0 Å². The largest absolute Gasteiger partial charge is 0 e. The maximum Gasteiger partial charge on any atom is 0 e. The molecule has 0 aliphatic heterocycles. The van der Waals surface area contributed by atoms with Crippen LogP contribution in [0.2, 0.25) is 0 Å². The monoisotopic (exact) mass is 244 g/mol. The molecule has 0 rings (SSSR count). The van der Waals surface area contributed by atoms with Gasteiger partial charge in [-0.15, -0.1) is 0 Å². The molecule has 5 heavy (non-hydrogen) atoms. The Hall–Kier alpha value is 5.36. The normalized spacial score (nSPS) is 0. The summed E-state index contributed by atoms with van der Waals surface area (Å²) >= 11 is 0. The third-order valence-corrected chi connectivity index (χ3v) is 0. The molecule has 0 saturated heterocycles. The Morgan fingerprint density at radius 2 is 0.800 bits per heavy atom. The minimum atomic E-state index is 0. The number of rotatable bonds is 0. The van der Waals surface area contributed by atoms with E-state index in [0.717, 1.165) is 0 Å². The van der Waals surface area contributed by atoms with Gasteiger partial charge in [-0.1, -0.05) is 0 Å². The van der Waals surface area contributed by atoms with E-state index in [2.05, 4.69) is 0 Å². The fraction of sp³-hybridized carbons (Fsp3) is 0. The second-order valence-electron chi connectivity index (χ2n) is 0. The molecule has 14 valence electrons. The SMILES string of the molecule is [CaH2].[NaH].[NaH].[SrH2].[Zn]. The second kappa shape index (κ2) is 22.8. The predicted molar refractivity (Wildman–Crippen MR) is 31.4 cm³/mol. The molecule has 0 radical (unpaired) electrons. The van der Waals surface area contributed by atoms with Crippen LogP contribution in [0.5, 0.6) is 0 Å². The molecule has 0 aliphatic rings. The summed E-state index contributed by atoms with van der Waals surface area (Å²) in [6.45, 7) is 0. The Kier molecular flexibility index (Phi) is 144. The zero-order valence-corrected chi connectivity index (χ0v) is 3.67. The topological polar surface area (TPSA) is 0 Å². The van der Waals surface area contributed by atoms with Gasteiger partial charge in [-0.2, -0.15) is 0 Å². The first-order valence-corrected chi connectivity index (χ1v) is 0. The summed E-state index contributed by atoms with van der Waals surface area (Å²) in [6, 6.07) is 0. The summed E-state index contributed by atoms with van der Waals surface area (Å²) in [5, 5.41) is 0. The molecule has 0 saturated carbocycles. The second-order valence-corrected chi connectivity index (χ2v) is 0. The van der Waals surface area contributed by atoms with Gasteiger partial charge in [0, 0.05) is 19.5 Å². The van der Waals surface area contributed by atoms with Crippen LogP contribution in [0, 0.1) is 0 Å². The van der Waals surface area contributed by atoms with E-state index in [9.17, 15) is 0 Å². The molecule has 0 aliphatic carbocycles. The zero-order valence-electron chi connectivity index (χ0n) is 0.707. The Bertz CT molecular complexity index is 9.61. The van der Waals surface area contributed by atoms with Crippen LogP contribution in [0.1, 0.15) is 0 Å². The molecule has 0 aromatic carbocycles. The van der Waals surface area contributed by atoms with Crippen molar-refractivity contribution in [3.8, 4) is 0 Å². The van der Waals surface area contributed by atoms with Crippen molar-refractivity contribution in [3.05, 3.63) is 0 Å². The van der Waals surface area contributed by atoms with E-state index >= 15 is 0 Å². The van der Waals surface area contributed by atoms with Crippen LogP contribution in [0.3, 0.4) is 0 Å². The van der Waals surface area contributed by atoms with Crippen LogP contribution in [0.4, 0.5) is 0 Å². The van der Waals surface area contributed by atoms with Crippen molar-refractivity contribution in [2.24, 2.45) is 0 Å². The van der Waals surface area contributed by atoms with Crippen LogP contribution >= 0.6 is 0 Å². The molecule has 0 bridgehead atoms. The van der Waals surface area contributed by atoms with Crippen molar-refractivity contribution in [1.29, 1.82) is 0 Å². The van der Waals surface area contributed by atoms with Crippen LogP contribution < -0.4 is 0 Å². The summed E-state index contributed by atoms with van der Waals surface area (Å²) in [4.78, 5) is 0. The van der Waals surface area contributed by atoms with E-state index in [4.69, 9.17) is 0 Å². The van der Waals surface area contributed by atoms with Gasteiger partial charge in [0.15, 0.2) is 0 Å². The quantitative estimate of drug-likeness (QED) is 0.396. The van der Waals surface area contributed by atoms with Crippen LogP contribution in [0.25, 0.3) is 0 Å².